The van der Waals surface area contributed by atoms with Crippen molar-refractivity contribution in [3.8, 4) is 11.1 Å². The lowest BCUT2D eigenvalue weighted by molar-refractivity contribution is 0.221. The van der Waals surface area contributed by atoms with Gasteiger partial charge in [0.15, 0.2) is 5.16 Å². The maximum atomic E-state index is 14.5. The molecule has 0 amide bonds. The zero-order chi connectivity index (χ0) is 21.2. The Morgan fingerprint density at radius 1 is 1.17 bits per heavy atom. The van der Waals surface area contributed by atoms with Crippen molar-refractivity contribution in [1.29, 1.82) is 0 Å². The summed E-state index contributed by atoms with van der Waals surface area (Å²) in [4.78, 5) is 27.2. The molecule has 29 heavy (non-hydrogen) atoms. The molecule has 2 N–H and O–H groups in total. The Bertz CT molecular complexity index is 1080. The Labute approximate surface area is 185 Å². The number of nitrogens with zero attached hydrogens (tertiary/aromatic N) is 2. The molecule has 0 fully saturated rings. The average Bonchev–Trinajstić information content (AvgIpc) is 2.66. The summed E-state index contributed by atoms with van der Waals surface area (Å²) in [5, 5.41) is -1.56. The van der Waals surface area contributed by atoms with Crippen molar-refractivity contribution in [2.24, 2.45) is 0 Å². The van der Waals surface area contributed by atoms with Crippen LogP contribution in [0.3, 0.4) is 0 Å². The number of hydrogen-bond donors (Lipinski definition) is 2. The number of thioether (sulfide) groups is 1. The van der Waals surface area contributed by atoms with Gasteiger partial charge in [-0.3, -0.25) is 4.57 Å². The van der Waals surface area contributed by atoms with Gasteiger partial charge in [-0.2, -0.15) is 0 Å². The van der Waals surface area contributed by atoms with E-state index in [2.05, 4.69) is 25.9 Å². The first-order valence-corrected chi connectivity index (χ1v) is 12.1. The molecule has 1 heterocycles. The lowest BCUT2D eigenvalue weighted by Crippen LogP contribution is -2.16. The summed E-state index contributed by atoms with van der Waals surface area (Å²) in [6.45, 7) is 0.873. The summed E-state index contributed by atoms with van der Waals surface area (Å²) in [6, 6.07) is 12.1. The summed E-state index contributed by atoms with van der Waals surface area (Å²) in [5.74, 6) is 0.508. The van der Waals surface area contributed by atoms with E-state index in [1.54, 1.807) is 30.6 Å². The maximum Gasteiger partial charge on any atom is 0.366 e. The van der Waals surface area contributed by atoms with Crippen LogP contribution >= 0.6 is 46.9 Å². The summed E-state index contributed by atoms with van der Waals surface area (Å²) in [6.07, 6.45) is 3.43. The Morgan fingerprint density at radius 3 is 2.45 bits per heavy atom. The first kappa shape index (κ1) is 22.4. The van der Waals surface area contributed by atoms with Crippen molar-refractivity contribution in [3.63, 3.8) is 0 Å². The highest BCUT2D eigenvalue weighted by atomic mass is 79.9. The van der Waals surface area contributed by atoms with Crippen molar-refractivity contribution in [3.05, 3.63) is 75.5 Å². The maximum absolute atomic E-state index is 14.5. The van der Waals surface area contributed by atoms with Crippen LogP contribution in [0.5, 0.6) is 0 Å². The molecule has 0 saturated carbocycles. The van der Waals surface area contributed by atoms with E-state index in [1.807, 2.05) is 18.2 Å². The highest BCUT2D eigenvalue weighted by Crippen LogP contribution is 2.59. The van der Waals surface area contributed by atoms with Gasteiger partial charge in [-0.15, -0.1) is 0 Å². The van der Waals surface area contributed by atoms with Gasteiger partial charge in [-0.1, -0.05) is 63.6 Å². The molecule has 3 aromatic rings. The number of aromatic nitrogens is 2. The molecular weight excluding hydrogens is 502 g/mol. The monoisotopic (exact) mass is 516 g/mol. The fraction of sp³-hybridized carbons (Fsp3) is 0.158. The molecule has 0 aliphatic heterocycles. The second-order valence-corrected chi connectivity index (χ2v) is 10.5. The molecule has 5 nitrogen and oxygen atoms in total. The summed E-state index contributed by atoms with van der Waals surface area (Å²) in [7, 11) is -4.96. The van der Waals surface area contributed by atoms with Crippen molar-refractivity contribution in [2.45, 2.75) is 23.2 Å². The van der Waals surface area contributed by atoms with Crippen LogP contribution in [0.2, 0.25) is 5.02 Å². The lowest BCUT2D eigenvalue weighted by atomic mass is 10.1. The number of benzene rings is 2. The molecule has 1 atom stereocenters. The number of rotatable bonds is 6. The second kappa shape index (κ2) is 8.84. The zero-order valence-corrected chi connectivity index (χ0v) is 19.1. The highest BCUT2D eigenvalue weighted by molar-refractivity contribution is 9.10. The Balaban J connectivity index is 1.70. The van der Waals surface area contributed by atoms with Crippen molar-refractivity contribution in [1.82, 2.24) is 9.97 Å². The van der Waals surface area contributed by atoms with Gasteiger partial charge in [0, 0.05) is 38.8 Å². The fourth-order valence-electron chi connectivity index (χ4n) is 2.53. The predicted octanol–water partition coefficient (Wildman–Crippen LogP) is 6.17. The Kier molecular flexibility index (Phi) is 6.83. The van der Waals surface area contributed by atoms with Crippen LogP contribution in [-0.4, -0.2) is 19.8 Å². The third-order valence-corrected chi connectivity index (χ3v) is 7.40. The van der Waals surface area contributed by atoms with Crippen molar-refractivity contribution < 1.29 is 18.7 Å². The van der Waals surface area contributed by atoms with Crippen molar-refractivity contribution in [2.75, 3.05) is 0 Å². The Morgan fingerprint density at radius 2 is 1.86 bits per heavy atom. The molecule has 0 aliphatic rings. The molecule has 0 radical (unpaired) electrons. The average molecular weight is 518 g/mol. The zero-order valence-electron chi connectivity index (χ0n) is 15.1. The smallest absolute Gasteiger partial charge is 0.322 e. The first-order chi connectivity index (χ1) is 13.6. The molecular formula is C19H16BrClFN2O3PS. The normalized spacial score (nSPS) is 13.9. The molecule has 152 valence electrons. The highest BCUT2D eigenvalue weighted by Gasteiger charge is 2.45. The SMILES string of the molecule is CC(F)(c1ccc(CSc2ncc(-c3cccc(Cl)c3)cn2)cc1Br)P(=O)(O)O. The summed E-state index contributed by atoms with van der Waals surface area (Å²) in [5.41, 5.74) is 2.51. The van der Waals surface area contributed by atoms with Crippen LogP contribution in [0, 0.1) is 0 Å². The van der Waals surface area contributed by atoms with E-state index in [4.69, 9.17) is 11.6 Å². The van der Waals surface area contributed by atoms with Gasteiger partial charge in [0.2, 0.25) is 5.41 Å². The van der Waals surface area contributed by atoms with Crippen LogP contribution in [0.1, 0.15) is 18.1 Å². The van der Waals surface area contributed by atoms with E-state index in [1.165, 1.54) is 17.8 Å². The van der Waals surface area contributed by atoms with Gasteiger partial charge in [0.25, 0.3) is 0 Å². The lowest BCUT2D eigenvalue weighted by Gasteiger charge is -2.23. The van der Waals surface area contributed by atoms with Crippen LogP contribution < -0.4 is 0 Å². The Hall–Kier alpha value is -1.28. The van der Waals surface area contributed by atoms with Crippen molar-refractivity contribution >= 4 is 46.9 Å². The fourth-order valence-corrected chi connectivity index (χ4v) is 4.91. The second-order valence-electron chi connectivity index (χ2n) is 6.36. The minimum absolute atomic E-state index is 0.0956. The van der Waals surface area contributed by atoms with E-state index in [-0.39, 0.29) is 5.56 Å². The molecule has 1 aromatic heterocycles. The molecule has 10 heteroatoms. The molecule has 0 spiro atoms. The van der Waals surface area contributed by atoms with Crippen LogP contribution in [0.4, 0.5) is 4.39 Å². The third-order valence-electron chi connectivity index (χ3n) is 4.23. The topological polar surface area (TPSA) is 83.3 Å². The molecule has 1 unspecified atom stereocenters. The van der Waals surface area contributed by atoms with Gasteiger partial charge in [0.05, 0.1) is 0 Å². The van der Waals surface area contributed by atoms with Gasteiger partial charge in [0.1, 0.15) is 0 Å². The summed E-state index contributed by atoms with van der Waals surface area (Å²) >= 11 is 10.6. The van der Waals surface area contributed by atoms with E-state index >= 15 is 0 Å². The number of hydrogen-bond acceptors (Lipinski definition) is 4. The standard InChI is InChI=1S/C19H16BrClFN2O3PS/c1-19(22,28(25,26)27)16-6-5-12(7-17(16)20)11-29-18-23-9-14(10-24-18)13-3-2-4-15(21)8-13/h2-10H,11H2,1H3,(H2,25,26,27). The largest absolute Gasteiger partial charge is 0.366 e. The van der Waals surface area contributed by atoms with Crippen LogP contribution in [-0.2, 0) is 15.7 Å². The van der Waals surface area contributed by atoms with Crippen LogP contribution in [0.25, 0.3) is 11.1 Å². The van der Waals surface area contributed by atoms with Gasteiger partial charge < -0.3 is 9.79 Å². The third kappa shape index (κ3) is 5.26. The molecule has 3 rings (SSSR count). The predicted molar refractivity (Wildman–Crippen MR) is 117 cm³/mol. The molecule has 0 bridgehead atoms. The van der Waals surface area contributed by atoms with Gasteiger partial charge in [-0.05, 0) is 36.2 Å². The van der Waals surface area contributed by atoms with E-state index in [0.717, 1.165) is 23.6 Å². The molecule has 2 aromatic carbocycles. The number of halogens is 3. The van der Waals surface area contributed by atoms with E-state index < -0.39 is 13.0 Å². The molecule has 0 aliphatic carbocycles. The minimum atomic E-state index is -4.96. The van der Waals surface area contributed by atoms with Gasteiger partial charge in [-0.25, -0.2) is 14.4 Å². The van der Waals surface area contributed by atoms with Crippen LogP contribution in [0.15, 0.2) is 64.5 Å². The number of alkyl halides is 1. The molecule has 0 saturated heterocycles. The van der Waals surface area contributed by atoms with Gasteiger partial charge >= 0.3 is 7.60 Å². The summed E-state index contributed by atoms with van der Waals surface area (Å²) < 4.78 is 26.3. The van der Waals surface area contributed by atoms with E-state index in [0.29, 0.717) is 20.4 Å². The quantitative estimate of drug-likeness (QED) is 0.231. The first-order valence-electron chi connectivity index (χ1n) is 8.32. The minimum Gasteiger partial charge on any atom is -0.322 e. The van der Waals surface area contributed by atoms with E-state index in [9.17, 15) is 18.7 Å².